The van der Waals surface area contributed by atoms with E-state index < -0.39 is 0 Å². The van der Waals surface area contributed by atoms with Crippen molar-refractivity contribution in [3.05, 3.63) is 27.1 Å². The third-order valence-corrected chi connectivity index (χ3v) is 4.98. The Labute approximate surface area is 141 Å². The van der Waals surface area contributed by atoms with Gasteiger partial charge in [-0.3, -0.25) is 9.69 Å². The molecule has 1 saturated heterocycles. The molecule has 112 valence electrons. The van der Waals surface area contributed by atoms with Gasteiger partial charge in [0.25, 0.3) is 5.91 Å². The lowest BCUT2D eigenvalue weighted by molar-refractivity contribution is -0.121. The van der Waals surface area contributed by atoms with Gasteiger partial charge in [0, 0.05) is 18.2 Å². The molecule has 2 rings (SSSR count). The van der Waals surface area contributed by atoms with Gasteiger partial charge in [-0.15, -0.1) is 0 Å². The molecule has 1 aromatic rings. The van der Waals surface area contributed by atoms with Gasteiger partial charge in [0.05, 0.1) is 23.6 Å². The summed E-state index contributed by atoms with van der Waals surface area (Å²) in [5.41, 5.74) is 0.793. The van der Waals surface area contributed by atoms with Crippen LogP contribution in [0.3, 0.4) is 0 Å². The van der Waals surface area contributed by atoms with Crippen molar-refractivity contribution in [3.63, 3.8) is 0 Å². The highest BCUT2D eigenvalue weighted by molar-refractivity contribution is 9.10. The van der Waals surface area contributed by atoms with E-state index in [1.165, 1.54) is 11.8 Å². The molecule has 1 amide bonds. The van der Waals surface area contributed by atoms with Crippen LogP contribution in [0.4, 0.5) is 0 Å². The molecule has 0 atom stereocenters. The predicted octanol–water partition coefficient (Wildman–Crippen LogP) is 3.69. The number of benzene rings is 1. The Balaban J connectivity index is 2.44. The molecule has 4 nitrogen and oxygen atoms in total. The molecule has 0 saturated carbocycles. The molecule has 0 spiro atoms. The summed E-state index contributed by atoms with van der Waals surface area (Å²) in [4.78, 5) is 14.4. The first kappa shape index (κ1) is 16.3. The van der Waals surface area contributed by atoms with Gasteiger partial charge in [0.1, 0.15) is 15.8 Å². The number of methoxy groups -OCH3 is 2. The second kappa shape index (κ2) is 6.81. The Morgan fingerprint density at radius 2 is 2.00 bits per heavy atom. The first-order valence-electron chi connectivity index (χ1n) is 6.18. The molecular formula is C14H14BrNO3S2. The number of thiocarbonyl (C=S) groups is 1. The fourth-order valence-corrected chi connectivity index (χ4v) is 3.81. The van der Waals surface area contributed by atoms with E-state index in [0.29, 0.717) is 27.3 Å². The quantitative estimate of drug-likeness (QED) is 0.581. The molecule has 0 aliphatic carbocycles. The topological polar surface area (TPSA) is 38.8 Å². The third-order valence-electron chi connectivity index (χ3n) is 2.98. The highest BCUT2D eigenvalue weighted by Gasteiger charge is 2.30. The number of likely N-dealkylation sites (N-methyl/N-ethyl adjacent to an activating group) is 1. The van der Waals surface area contributed by atoms with Gasteiger partial charge in [-0.25, -0.2) is 0 Å². The van der Waals surface area contributed by atoms with Gasteiger partial charge in [-0.05, 0) is 35.0 Å². The van der Waals surface area contributed by atoms with Crippen molar-refractivity contribution in [1.29, 1.82) is 0 Å². The lowest BCUT2D eigenvalue weighted by Gasteiger charge is -2.11. The lowest BCUT2D eigenvalue weighted by atomic mass is 10.1. The smallest absolute Gasteiger partial charge is 0.266 e. The summed E-state index contributed by atoms with van der Waals surface area (Å²) >= 11 is 9.94. The Bertz CT molecular complexity index is 631. The van der Waals surface area contributed by atoms with Gasteiger partial charge in [0.15, 0.2) is 0 Å². The minimum atomic E-state index is -0.0681. The van der Waals surface area contributed by atoms with Crippen molar-refractivity contribution in [2.45, 2.75) is 6.92 Å². The number of hydrogen-bond acceptors (Lipinski definition) is 5. The fourth-order valence-electron chi connectivity index (χ4n) is 1.91. The lowest BCUT2D eigenvalue weighted by Crippen LogP contribution is -2.27. The standard InChI is InChI=1S/C14H14BrNO3S2/c1-4-16-13(17)12(21-14(16)20)6-8-5-9(15)11(19-3)7-10(8)18-2/h5-7H,4H2,1-3H3/b12-6-. The number of carbonyl (C=O) groups excluding carboxylic acids is 1. The summed E-state index contributed by atoms with van der Waals surface area (Å²) < 4.78 is 12.0. The van der Waals surface area contributed by atoms with Crippen molar-refractivity contribution < 1.29 is 14.3 Å². The predicted molar refractivity (Wildman–Crippen MR) is 92.8 cm³/mol. The zero-order chi connectivity index (χ0) is 15.6. The van der Waals surface area contributed by atoms with Crippen LogP contribution in [0.25, 0.3) is 6.08 Å². The third kappa shape index (κ3) is 3.25. The highest BCUT2D eigenvalue weighted by atomic mass is 79.9. The van der Waals surface area contributed by atoms with Crippen LogP contribution >= 0.6 is 39.9 Å². The molecule has 1 aliphatic rings. The van der Waals surface area contributed by atoms with Gasteiger partial charge < -0.3 is 9.47 Å². The normalized spacial score (nSPS) is 16.8. The molecule has 0 bridgehead atoms. The molecule has 21 heavy (non-hydrogen) atoms. The summed E-state index contributed by atoms with van der Waals surface area (Å²) in [5, 5.41) is 0. The molecule has 1 aromatic carbocycles. The minimum Gasteiger partial charge on any atom is -0.496 e. The van der Waals surface area contributed by atoms with Crippen LogP contribution < -0.4 is 9.47 Å². The second-order valence-corrected chi connectivity index (χ2v) is 6.68. The van der Waals surface area contributed by atoms with Crippen molar-refractivity contribution in [1.82, 2.24) is 4.90 Å². The number of carbonyl (C=O) groups is 1. The summed E-state index contributed by atoms with van der Waals surface area (Å²) in [7, 11) is 3.17. The number of nitrogens with zero attached hydrogens (tertiary/aromatic N) is 1. The van der Waals surface area contributed by atoms with Gasteiger partial charge in [-0.1, -0.05) is 24.0 Å². The van der Waals surface area contributed by atoms with E-state index in [0.717, 1.165) is 10.0 Å². The van der Waals surface area contributed by atoms with Crippen LogP contribution in [0, 0.1) is 0 Å². The van der Waals surface area contributed by atoms with Crippen molar-refractivity contribution in [2.24, 2.45) is 0 Å². The first-order chi connectivity index (χ1) is 10.0. The molecule has 0 unspecified atom stereocenters. The number of ether oxygens (including phenoxy) is 2. The molecule has 0 N–H and O–H groups in total. The maximum Gasteiger partial charge on any atom is 0.266 e. The Kier molecular flexibility index (Phi) is 5.29. The van der Waals surface area contributed by atoms with Gasteiger partial charge in [-0.2, -0.15) is 0 Å². The summed E-state index contributed by atoms with van der Waals surface area (Å²) in [5.74, 6) is 1.24. The number of hydrogen-bond donors (Lipinski definition) is 0. The van der Waals surface area contributed by atoms with Crippen molar-refractivity contribution in [2.75, 3.05) is 20.8 Å². The Morgan fingerprint density at radius 1 is 1.33 bits per heavy atom. The zero-order valence-corrected chi connectivity index (χ0v) is 15.0. The number of thioether (sulfide) groups is 1. The van der Waals surface area contributed by atoms with Crippen LogP contribution in [0.15, 0.2) is 21.5 Å². The van der Waals surface area contributed by atoms with E-state index in [1.807, 2.05) is 13.0 Å². The fraction of sp³-hybridized carbons (Fsp3) is 0.286. The summed E-state index contributed by atoms with van der Waals surface area (Å²) in [6.07, 6.45) is 1.79. The van der Waals surface area contributed by atoms with Crippen LogP contribution in [0.2, 0.25) is 0 Å². The van der Waals surface area contributed by atoms with Gasteiger partial charge >= 0.3 is 0 Å². The van der Waals surface area contributed by atoms with E-state index in [2.05, 4.69) is 15.9 Å². The molecular weight excluding hydrogens is 374 g/mol. The maximum atomic E-state index is 12.2. The number of halogens is 1. The Morgan fingerprint density at radius 3 is 2.52 bits per heavy atom. The molecule has 1 heterocycles. The maximum absolute atomic E-state index is 12.2. The van der Waals surface area contributed by atoms with Crippen LogP contribution in [0.5, 0.6) is 11.5 Å². The second-order valence-electron chi connectivity index (χ2n) is 4.15. The van der Waals surface area contributed by atoms with Gasteiger partial charge in [0.2, 0.25) is 0 Å². The zero-order valence-electron chi connectivity index (χ0n) is 11.8. The molecule has 0 radical (unpaired) electrons. The molecule has 1 fully saturated rings. The average molecular weight is 388 g/mol. The van der Waals surface area contributed by atoms with E-state index in [-0.39, 0.29) is 5.91 Å². The van der Waals surface area contributed by atoms with Crippen LogP contribution in [-0.4, -0.2) is 35.9 Å². The summed E-state index contributed by atoms with van der Waals surface area (Å²) in [6, 6.07) is 3.63. The molecule has 1 aliphatic heterocycles. The van der Waals surface area contributed by atoms with E-state index in [4.69, 9.17) is 21.7 Å². The van der Waals surface area contributed by atoms with Crippen molar-refractivity contribution in [3.8, 4) is 11.5 Å². The highest BCUT2D eigenvalue weighted by Crippen LogP contribution is 2.37. The van der Waals surface area contributed by atoms with E-state index in [1.54, 1.807) is 31.3 Å². The monoisotopic (exact) mass is 387 g/mol. The van der Waals surface area contributed by atoms with E-state index >= 15 is 0 Å². The molecule has 7 heteroatoms. The minimum absolute atomic E-state index is 0.0681. The Hall–Kier alpha value is -1.05. The SMILES string of the molecule is CCN1C(=O)/C(=C/c2cc(Br)c(OC)cc2OC)SC1=S. The van der Waals surface area contributed by atoms with Crippen LogP contribution in [-0.2, 0) is 4.79 Å². The number of rotatable bonds is 4. The summed E-state index contributed by atoms with van der Waals surface area (Å²) in [6.45, 7) is 2.48. The largest absolute Gasteiger partial charge is 0.496 e. The number of amides is 1. The van der Waals surface area contributed by atoms with Crippen LogP contribution in [0.1, 0.15) is 12.5 Å². The average Bonchev–Trinajstić information content (AvgIpc) is 2.73. The van der Waals surface area contributed by atoms with Crippen molar-refractivity contribution >= 4 is 56.2 Å². The first-order valence-corrected chi connectivity index (χ1v) is 8.20. The van der Waals surface area contributed by atoms with E-state index in [9.17, 15) is 4.79 Å². The molecule has 0 aromatic heterocycles.